The largest absolute Gasteiger partial charge is 0.269 e. The Morgan fingerprint density at radius 3 is 2.00 bits per heavy atom. The third-order valence-electron chi connectivity index (χ3n) is 1.75. The maximum atomic E-state index is 3.78. The molecule has 0 saturated carbocycles. The lowest BCUT2D eigenvalue weighted by Crippen LogP contribution is -2.08. The molecule has 0 atom stereocenters. The first-order valence-corrected chi connectivity index (χ1v) is 6.52. The van der Waals surface area contributed by atoms with E-state index in [0.29, 0.717) is 0 Å². The molecule has 71 valence electrons. The van der Waals surface area contributed by atoms with Crippen molar-refractivity contribution in [3.63, 3.8) is 0 Å². The number of hydrogen-bond acceptors (Lipinski definition) is 0. The van der Waals surface area contributed by atoms with Crippen LogP contribution >= 0.6 is 0 Å². The minimum Gasteiger partial charge on any atom is -0.269 e. The summed E-state index contributed by atoms with van der Waals surface area (Å²) in [4.78, 5) is 0. The van der Waals surface area contributed by atoms with Gasteiger partial charge in [-0.25, -0.2) is 0 Å². The molecule has 0 aromatic heterocycles. The SMILES string of the molecule is C=CC[Si](CC=C)CCCC.F. The highest BCUT2D eigenvalue weighted by Gasteiger charge is 2.05. The third-order valence-corrected chi connectivity index (χ3v) is 4.54. The molecule has 0 bridgehead atoms. The fraction of sp³-hybridized carbons (Fsp3) is 0.600. The molecule has 0 aliphatic rings. The van der Waals surface area contributed by atoms with Gasteiger partial charge in [0, 0.05) is 0 Å². The van der Waals surface area contributed by atoms with E-state index in [-0.39, 0.29) is 13.5 Å². The number of allylic oxidation sites excluding steroid dienone is 2. The lowest BCUT2D eigenvalue weighted by molar-refractivity contribution is 0.871. The molecule has 0 N–H and O–H groups in total. The minimum atomic E-state index is -0.145. The van der Waals surface area contributed by atoms with Crippen LogP contribution < -0.4 is 0 Å². The van der Waals surface area contributed by atoms with Gasteiger partial charge < -0.3 is 0 Å². The summed E-state index contributed by atoms with van der Waals surface area (Å²) in [5.41, 5.74) is 0. The van der Waals surface area contributed by atoms with Gasteiger partial charge in [-0.15, -0.1) is 13.2 Å². The van der Waals surface area contributed by atoms with Gasteiger partial charge >= 0.3 is 0 Å². The standard InChI is InChI=1S/C10H19Si.FH/c1-4-7-10-11(8-5-2)9-6-3;/h5-6H,2-4,7-10H2,1H3;1H. The Balaban J connectivity index is 0. The Labute approximate surface area is 77.4 Å². The van der Waals surface area contributed by atoms with Gasteiger partial charge in [-0.05, 0) is 12.1 Å². The molecule has 0 fully saturated rings. The van der Waals surface area contributed by atoms with Crippen LogP contribution in [0.5, 0.6) is 0 Å². The summed E-state index contributed by atoms with van der Waals surface area (Å²) in [5, 5.41) is 0. The van der Waals surface area contributed by atoms with Gasteiger partial charge in [0.1, 0.15) is 0 Å². The summed E-state index contributed by atoms with van der Waals surface area (Å²) in [6.07, 6.45) is 6.83. The Bertz CT molecular complexity index is 102. The molecule has 0 unspecified atom stereocenters. The van der Waals surface area contributed by atoms with E-state index in [1.165, 1.54) is 31.0 Å². The average Bonchev–Trinajstić information content (AvgIpc) is 2.01. The van der Waals surface area contributed by atoms with Crippen LogP contribution in [0.2, 0.25) is 18.1 Å². The molecule has 0 heterocycles. The highest BCUT2D eigenvalue weighted by molar-refractivity contribution is 6.59. The van der Waals surface area contributed by atoms with Crippen LogP contribution in [0.15, 0.2) is 25.3 Å². The van der Waals surface area contributed by atoms with Crippen LogP contribution in [0.3, 0.4) is 0 Å². The van der Waals surface area contributed by atoms with Crippen LogP contribution in [0.1, 0.15) is 19.8 Å². The van der Waals surface area contributed by atoms with Gasteiger partial charge in [0.15, 0.2) is 0 Å². The van der Waals surface area contributed by atoms with Crippen LogP contribution in [0.25, 0.3) is 0 Å². The smallest absolute Gasteiger partial charge is 0.0558 e. The monoisotopic (exact) mass is 187 g/mol. The van der Waals surface area contributed by atoms with Gasteiger partial charge in [0.25, 0.3) is 0 Å². The first-order chi connectivity index (χ1) is 5.35. The van der Waals surface area contributed by atoms with E-state index in [1.54, 1.807) is 0 Å². The maximum absolute atomic E-state index is 3.78. The predicted molar refractivity (Wildman–Crippen MR) is 58.0 cm³/mol. The molecule has 0 aliphatic carbocycles. The molecule has 0 rings (SSSR count). The van der Waals surface area contributed by atoms with Crippen molar-refractivity contribution in [1.29, 1.82) is 0 Å². The van der Waals surface area contributed by atoms with E-state index < -0.39 is 0 Å². The van der Waals surface area contributed by atoms with Crippen LogP contribution in [0.4, 0.5) is 4.70 Å². The van der Waals surface area contributed by atoms with Crippen LogP contribution in [-0.4, -0.2) is 8.80 Å². The lowest BCUT2D eigenvalue weighted by Gasteiger charge is -2.08. The van der Waals surface area contributed by atoms with Gasteiger partial charge in [-0.3, -0.25) is 4.70 Å². The zero-order chi connectivity index (χ0) is 8.53. The molecule has 0 spiro atoms. The molecular formula is C10H20FSi. The quantitative estimate of drug-likeness (QED) is 0.420. The van der Waals surface area contributed by atoms with E-state index >= 15 is 0 Å². The van der Waals surface area contributed by atoms with Gasteiger partial charge in [-0.1, -0.05) is 38.0 Å². The second-order valence-electron chi connectivity index (χ2n) is 2.84. The summed E-state index contributed by atoms with van der Waals surface area (Å²) in [6, 6.07) is 3.92. The van der Waals surface area contributed by atoms with E-state index in [9.17, 15) is 0 Å². The number of rotatable bonds is 7. The van der Waals surface area contributed by atoms with Crippen molar-refractivity contribution in [1.82, 2.24) is 0 Å². The fourth-order valence-corrected chi connectivity index (χ4v) is 3.37. The lowest BCUT2D eigenvalue weighted by atomic mass is 10.4. The second kappa shape index (κ2) is 10.6. The minimum absolute atomic E-state index is 0. The molecule has 0 aromatic carbocycles. The molecular weight excluding hydrogens is 167 g/mol. The third kappa shape index (κ3) is 7.73. The summed E-state index contributed by atoms with van der Waals surface area (Å²) < 4.78 is 0. The predicted octanol–water partition coefficient (Wildman–Crippen LogP) is 3.81. The summed E-state index contributed by atoms with van der Waals surface area (Å²) >= 11 is 0. The zero-order valence-electron chi connectivity index (χ0n) is 8.01. The van der Waals surface area contributed by atoms with Gasteiger partial charge in [0.05, 0.1) is 8.80 Å². The molecule has 12 heavy (non-hydrogen) atoms. The van der Waals surface area contributed by atoms with Crippen molar-refractivity contribution in [2.24, 2.45) is 0 Å². The normalized spacial score (nSPS) is 9.17. The number of unbranched alkanes of at least 4 members (excludes halogenated alkanes) is 1. The Kier molecular flexibility index (Phi) is 12.5. The molecule has 2 heteroatoms. The fourth-order valence-electron chi connectivity index (χ4n) is 1.12. The summed E-state index contributed by atoms with van der Waals surface area (Å²) in [7, 11) is -0.145. The highest BCUT2D eigenvalue weighted by Crippen LogP contribution is 2.10. The van der Waals surface area contributed by atoms with Crippen molar-refractivity contribution >= 4 is 8.80 Å². The molecule has 0 aromatic rings. The van der Waals surface area contributed by atoms with Crippen molar-refractivity contribution in [3.05, 3.63) is 25.3 Å². The van der Waals surface area contributed by atoms with Crippen LogP contribution in [-0.2, 0) is 0 Å². The topological polar surface area (TPSA) is 0 Å². The van der Waals surface area contributed by atoms with Gasteiger partial charge in [-0.2, -0.15) is 0 Å². The van der Waals surface area contributed by atoms with E-state index in [1.807, 2.05) is 0 Å². The Morgan fingerprint density at radius 2 is 1.67 bits per heavy atom. The molecule has 0 amide bonds. The van der Waals surface area contributed by atoms with Crippen molar-refractivity contribution in [3.8, 4) is 0 Å². The van der Waals surface area contributed by atoms with Crippen molar-refractivity contribution < 1.29 is 4.70 Å². The highest BCUT2D eigenvalue weighted by atomic mass is 28.3. The zero-order valence-corrected chi connectivity index (χ0v) is 9.01. The summed E-state index contributed by atoms with van der Waals surface area (Å²) in [5.74, 6) is 0. The van der Waals surface area contributed by atoms with E-state index in [4.69, 9.17) is 0 Å². The maximum Gasteiger partial charge on any atom is 0.0558 e. The average molecular weight is 187 g/mol. The van der Waals surface area contributed by atoms with E-state index in [2.05, 4.69) is 32.2 Å². The van der Waals surface area contributed by atoms with Crippen molar-refractivity contribution in [2.45, 2.75) is 37.9 Å². The van der Waals surface area contributed by atoms with E-state index in [0.717, 1.165) is 0 Å². The molecule has 0 aliphatic heterocycles. The first kappa shape index (κ1) is 14.2. The van der Waals surface area contributed by atoms with Crippen molar-refractivity contribution in [2.75, 3.05) is 0 Å². The van der Waals surface area contributed by atoms with Crippen LogP contribution in [0, 0.1) is 0 Å². The molecule has 0 nitrogen and oxygen atoms in total. The summed E-state index contributed by atoms with van der Waals surface area (Å²) in [6.45, 7) is 9.82. The Hall–Kier alpha value is -0.373. The second-order valence-corrected chi connectivity index (χ2v) is 5.66. The molecule has 0 saturated heterocycles. The van der Waals surface area contributed by atoms with Gasteiger partial charge in [0.2, 0.25) is 0 Å². The number of halogens is 1. The number of hydrogen-bond donors (Lipinski definition) is 0. The first-order valence-electron chi connectivity index (χ1n) is 4.40. The Morgan fingerprint density at radius 1 is 1.17 bits per heavy atom. The molecule has 1 radical (unpaired) electrons.